The summed E-state index contributed by atoms with van der Waals surface area (Å²) in [5, 5.41) is 3.53. The molecule has 0 saturated heterocycles. The fourth-order valence-corrected chi connectivity index (χ4v) is 2.02. The molecule has 88 valence electrons. The lowest BCUT2D eigenvalue weighted by Gasteiger charge is -2.32. The van der Waals surface area contributed by atoms with E-state index in [0.717, 1.165) is 5.92 Å². The van der Waals surface area contributed by atoms with E-state index < -0.39 is 0 Å². The summed E-state index contributed by atoms with van der Waals surface area (Å²) >= 11 is 0. The van der Waals surface area contributed by atoms with Gasteiger partial charge in [0.05, 0.1) is 13.0 Å². The van der Waals surface area contributed by atoms with E-state index in [-0.39, 0.29) is 23.5 Å². The molecule has 0 radical (unpaired) electrons. The average molecular weight is 213 g/mol. The SMILES string of the molecule is COC(=O)C(C)C(C)NC(C)(C)C1CC1. The van der Waals surface area contributed by atoms with Crippen molar-refractivity contribution in [1.29, 1.82) is 0 Å². The van der Waals surface area contributed by atoms with E-state index in [0.29, 0.717) is 0 Å². The largest absolute Gasteiger partial charge is 0.469 e. The zero-order chi connectivity index (χ0) is 11.6. The minimum Gasteiger partial charge on any atom is -0.469 e. The Labute approximate surface area is 92.6 Å². The van der Waals surface area contributed by atoms with Crippen LogP contribution in [0, 0.1) is 11.8 Å². The molecular weight excluding hydrogens is 190 g/mol. The Morgan fingerprint density at radius 2 is 1.93 bits per heavy atom. The van der Waals surface area contributed by atoms with Crippen molar-refractivity contribution in [1.82, 2.24) is 5.32 Å². The fraction of sp³-hybridized carbons (Fsp3) is 0.917. The van der Waals surface area contributed by atoms with Crippen LogP contribution >= 0.6 is 0 Å². The zero-order valence-corrected chi connectivity index (χ0v) is 10.5. The lowest BCUT2D eigenvalue weighted by molar-refractivity contribution is -0.145. The summed E-state index contributed by atoms with van der Waals surface area (Å²) in [4.78, 5) is 11.4. The maximum absolute atomic E-state index is 11.4. The molecule has 0 aliphatic heterocycles. The van der Waals surface area contributed by atoms with Crippen LogP contribution in [0.15, 0.2) is 0 Å². The molecule has 1 rings (SSSR count). The number of rotatable bonds is 5. The molecule has 1 saturated carbocycles. The first-order valence-corrected chi connectivity index (χ1v) is 5.74. The molecule has 0 aromatic rings. The molecule has 2 unspecified atom stereocenters. The van der Waals surface area contributed by atoms with Gasteiger partial charge in [-0.1, -0.05) is 6.92 Å². The van der Waals surface area contributed by atoms with E-state index in [1.807, 2.05) is 13.8 Å². The molecule has 15 heavy (non-hydrogen) atoms. The van der Waals surface area contributed by atoms with Crippen molar-refractivity contribution in [2.24, 2.45) is 11.8 Å². The van der Waals surface area contributed by atoms with Crippen LogP contribution in [0.1, 0.15) is 40.5 Å². The summed E-state index contributed by atoms with van der Waals surface area (Å²) in [6.07, 6.45) is 2.61. The van der Waals surface area contributed by atoms with E-state index in [4.69, 9.17) is 4.74 Å². The van der Waals surface area contributed by atoms with Crippen molar-refractivity contribution >= 4 is 5.97 Å². The zero-order valence-electron chi connectivity index (χ0n) is 10.5. The van der Waals surface area contributed by atoms with Crippen molar-refractivity contribution in [3.05, 3.63) is 0 Å². The van der Waals surface area contributed by atoms with Crippen LogP contribution in [-0.2, 0) is 9.53 Å². The predicted octanol–water partition coefficient (Wildman–Crippen LogP) is 1.96. The van der Waals surface area contributed by atoms with Crippen LogP contribution in [0.3, 0.4) is 0 Å². The standard InChI is InChI=1S/C12H23NO2/c1-8(11(14)15-5)9(2)13-12(3,4)10-6-7-10/h8-10,13H,6-7H2,1-5H3. The third-order valence-corrected chi connectivity index (χ3v) is 3.52. The summed E-state index contributed by atoms with van der Waals surface area (Å²) < 4.78 is 4.74. The Balaban J connectivity index is 2.46. The second kappa shape index (κ2) is 4.52. The van der Waals surface area contributed by atoms with Gasteiger partial charge in [-0.25, -0.2) is 0 Å². The second-order valence-corrected chi connectivity index (χ2v) is 5.24. The summed E-state index contributed by atoms with van der Waals surface area (Å²) in [5.41, 5.74) is 0.141. The summed E-state index contributed by atoms with van der Waals surface area (Å²) in [6, 6.07) is 0.160. The molecule has 1 aliphatic rings. The molecule has 0 aromatic carbocycles. The molecule has 1 aliphatic carbocycles. The normalized spacial score (nSPS) is 20.9. The van der Waals surface area contributed by atoms with Crippen molar-refractivity contribution in [3.8, 4) is 0 Å². The van der Waals surface area contributed by atoms with E-state index in [9.17, 15) is 4.79 Å². The van der Waals surface area contributed by atoms with Gasteiger partial charge in [-0.2, -0.15) is 0 Å². The number of ether oxygens (including phenoxy) is 1. The minimum absolute atomic E-state index is 0.0898. The number of carbonyl (C=O) groups excluding carboxylic acids is 1. The van der Waals surface area contributed by atoms with Gasteiger partial charge in [0, 0.05) is 11.6 Å². The fourth-order valence-electron chi connectivity index (χ4n) is 2.02. The lowest BCUT2D eigenvalue weighted by Crippen LogP contribution is -2.50. The molecule has 0 heterocycles. The van der Waals surface area contributed by atoms with Crippen LogP contribution < -0.4 is 5.32 Å². The topological polar surface area (TPSA) is 38.3 Å². The van der Waals surface area contributed by atoms with E-state index in [1.165, 1.54) is 20.0 Å². The Morgan fingerprint density at radius 1 is 1.40 bits per heavy atom. The predicted molar refractivity (Wildman–Crippen MR) is 60.6 cm³/mol. The number of hydrogen-bond donors (Lipinski definition) is 1. The smallest absolute Gasteiger partial charge is 0.309 e. The Morgan fingerprint density at radius 3 is 2.33 bits per heavy atom. The highest BCUT2D eigenvalue weighted by Crippen LogP contribution is 2.39. The van der Waals surface area contributed by atoms with Gasteiger partial charge in [-0.15, -0.1) is 0 Å². The molecule has 0 bridgehead atoms. The first kappa shape index (κ1) is 12.5. The highest BCUT2D eigenvalue weighted by atomic mass is 16.5. The number of esters is 1. The molecular formula is C12H23NO2. The van der Waals surface area contributed by atoms with Gasteiger partial charge in [-0.3, -0.25) is 4.79 Å². The van der Waals surface area contributed by atoms with Crippen LogP contribution in [0.25, 0.3) is 0 Å². The third kappa shape index (κ3) is 3.20. The van der Waals surface area contributed by atoms with Gasteiger partial charge in [-0.05, 0) is 39.5 Å². The van der Waals surface area contributed by atoms with Crippen molar-refractivity contribution < 1.29 is 9.53 Å². The Kier molecular flexibility index (Phi) is 3.77. The van der Waals surface area contributed by atoms with Crippen molar-refractivity contribution in [2.45, 2.75) is 52.1 Å². The highest BCUT2D eigenvalue weighted by Gasteiger charge is 2.39. The molecule has 2 atom stereocenters. The monoisotopic (exact) mass is 213 g/mol. The van der Waals surface area contributed by atoms with Gasteiger partial charge in [0.1, 0.15) is 0 Å². The van der Waals surface area contributed by atoms with E-state index in [2.05, 4.69) is 19.2 Å². The molecule has 0 aromatic heterocycles. The molecule has 0 amide bonds. The number of hydrogen-bond acceptors (Lipinski definition) is 3. The minimum atomic E-state index is -0.137. The Hall–Kier alpha value is -0.570. The number of methoxy groups -OCH3 is 1. The van der Waals surface area contributed by atoms with Crippen LogP contribution in [0.4, 0.5) is 0 Å². The molecule has 0 spiro atoms. The Bertz CT molecular complexity index is 234. The molecule has 1 fully saturated rings. The van der Waals surface area contributed by atoms with Gasteiger partial charge in [0.25, 0.3) is 0 Å². The maximum atomic E-state index is 11.4. The first-order valence-electron chi connectivity index (χ1n) is 5.74. The highest BCUT2D eigenvalue weighted by molar-refractivity contribution is 5.72. The van der Waals surface area contributed by atoms with Crippen LogP contribution in [0.2, 0.25) is 0 Å². The molecule has 3 heteroatoms. The van der Waals surface area contributed by atoms with E-state index >= 15 is 0 Å². The first-order chi connectivity index (χ1) is 6.88. The maximum Gasteiger partial charge on any atom is 0.309 e. The molecule has 1 N–H and O–H groups in total. The van der Waals surface area contributed by atoms with Crippen LogP contribution in [0.5, 0.6) is 0 Å². The summed E-state index contributed by atoms with van der Waals surface area (Å²) in [5.74, 6) is 0.541. The van der Waals surface area contributed by atoms with Gasteiger partial charge >= 0.3 is 5.97 Å². The van der Waals surface area contributed by atoms with Crippen molar-refractivity contribution in [3.63, 3.8) is 0 Å². The molecule has 3 nitrogen and oxygen atoms in total. The average Bonchev–Trinajstić information content (AvgIpc) is 2.97. The van der Waals surface area contributed by atoms with Gasteiger partial charge in [0.2, 0.25) is 0 Å². The third-order valence-electron chi connectivity index (χ3n) is 3.52. The van der Waals surface area contributed by atoms with Gasteiger partial charge < -0.3 is 10.1 Å². The van der Waals surface area contributed by atoms with Crippen molar-refractivity contribution in [2.75, 3.05) is 7.11 Å². The number of carbonyl (C=O) groups is 1. The summed E-state index contributed by atoms with van der Waals surface area (Å²) in [6.45, 7) is 8.38. The lowest BCUT2D eigenvalue weighted by atomic mass is 9.94. The number of nitrogens with one attached hydrogen (secondary N) is 1. The van der Waals surface area contributed by atoms with E-state index in [1.54, 1.807) is 0 Å². The van der Waals surface area contributed by atoms with Crippen LogP contribution in [-0.4, -0.2) is 24.7 Å². The quantitative estimate of drug-likeness (QED) is 0.709. The van der Waals surface area contributed by atoms with Gasteiger partial charge in [0.15, 0.2) is 0 Å². The summed E-state index contributed by atoms with van der Waals surface area (Å²) in [7, 11) is 1.44. The second-order valence-electron chi connectivity index (χ2n) is 5.24.